The SMILES string of the molecule is C=C[C@H]1CC[C@H](CCCC[C@H]2CC[C@H](c3ccc(C(CC)OCC=CC)cc3)CC2)CC1. The Bertz CT molecular complexity index is 656. The minimum Gasteiger partial charge on any atom is -0.369 e. The number of unbranched alkanes of at least 4 members (excludes halogenated alkanes) is 1. The summed E-state index contributed by atoms with van der Waals surface area (Å²) in [5.41, 5.74) is 2.87. The van der Waals surface area contributed by atoms with Crippen LogP contribution in [0.25, 0.3) is 0 Å². The predicted molar refractivity (Wildman–Crippen MR) is 139 cm³/mol. The molecular formula is C31H48O. The molecule has 3 rings (SSSR count). The van der Waals surface area contributed by atoms with Gasteiger partial charge in [-0.1, -0.05) is 75.1 Å². The number of rotatable bonds is 12. The van der Waals surface area contributed by atoms with E-state index in [1.807, 2.05) is 6.92 Å². The zero-order chi connectivity index (χ0) is 22.6. The van der Waals surface area contributed by atoms with Gasteiger partial charge in [-0.25, -0.2) is 0 Å². The van der Waals surface area contributed by atoms with Crippen molar-refractivity contribution in [3.8, 4) is 0 Å². The maximum atomic E-state index is 6.02. The molecule has 1 heteroatoms. The molecule has 1 atom stereocenters. The summed E-state index contributed by atoms with van der Waals surface area (Å²) in [5.74, 6) is 3.56. The fourth-order valence-corrected chi connectivity index (χ4v) is 6.06. The van der Waals surface area contributed by atoms with E-state index < -0.39 is 0 Å². The summed E-state index contributed by atoms with van der Waals surface area (Å²) in [6, 6.07) is 9.38. The van der Waals surface area contributed by atoms with Gasteiger partial charge in [0.1, 0.15) is 0 Å². The summed E-state index contributed by atoms with van der Waals surface area (Å²) < 4.78 is 6.02. The van der Waals surface area contributed by atoms with E-state index in [9.17, 15) is 0 Å². The zero-order valence-corrected chi connectivity index (χ0v) is 20.9. The third-order valence-electron chi connectivity index (χ3n) is 8.33. The van der Waals surface area contributed by atoms with Crippen molar-refractivity contribution in [2.45, 2.75) is 109 Å². The van der Waals surface area contributed by atoms with Crippen molar-refractivity contribution in [1.82, 2.24) is 0 Å². The topological polar surface area (TPSA) is 9.23 Å². The molecule has 2 fully saturated rings. The normalized spacial score (nSPS) is 27.4. The minimum absolute atomic E-state index is 0.216. The highest BCUT2D eigenvalue weighted by molar-refractivity contribution is 5.27. The van der Waals surface area contributed by atoms with Crippen LogP contribution in [-0.4, -0.2) is 6.61 Å². The van der Waals surface area contributed by atoms with E-state index in [4.69, 9.17) is 4.74 Å². The smallest absolute Gasteiger partial charge is 0.0826 e. The second kappa shape index (κ2) is 14.0. The number of allylic oxidation sites excluding steroid dienone is 2. The third-order valence-corrected chi connectivity index (χ3v) is 8.33. The molecular weight excluding hydrogens is 388 g/mol. The van der Waals surface area contributed by atoms with Crippen LogP contribution in [0.5, 0.6) is 0 Å². The van der Waals surface area contributed by atoms with Gasteiger partial charge < -0.3 is 4.74 Å². The second-order valence-corrected chi connectivity index (χ2v) is 10.5. The molecule has 2 aliphatic rings. The number of hydrogen-bond donors (Lipinski definition) is 0. The van der Waals surface area contributed by atoms with Gasteiger partial charge in [0.05, 0.1) is 12.7 Å². The Morgan fingerprint density at radius 3 is 2.03 bits per heavy atom. The monoisotopic (exact) mass is 436 g/mol. The van der Waals surface area contributed by atoms with Gasteiger partial charge in [0.25, 0.3) is 0 Å². The van der Waals surface area contributed by atoms with Gasteiger partial charge in [-0.05, 0) is 99.5 Å². The molecule has 0 saturated heterocycles. The lowest BCUT2D eigenvalue weighted by Gasteiger charge is -2.29. The van der Waals surface area contributed by atoms with Gasteiger partial charge in [0.15, 0.2) is 0 Å². The van der Waals surface area contributed by atoms with Gasteiger partial charge in [0, 0.05) is 0 Å². The van der Waals surface area contributed by atoms with Crippen LogP contribution < -0.4 is 0 Å². The van der Waals surface area contributed by atoms with E-state index in [1.54, 1.807) is 5.56 Å². The summed E-state index contributed by atoms with van der Waals surface area (Å²) >= 11 is 0. The quantitative estimate of drug-likeness (QED) is 0.234. The molecule has 0 amide bonds. The third kappa shape index (κ3) is 7.91. The van der Waals surface area contributed by atoms with Gasteiger partial charge in [-0.3, -0.25) is 0 Å². The molecule has 0 heterocycles. The first-order chi connectivity index (χ1) is 15.7. The minimum atomic E-state index is 0.216. The van der Waals surface area contributed by atoms with Crippen LogP contribution in [0.2, 0.25) is 0 Å². The molecule has 32 heavy (non-hydrogen) atoms. The lowest BCUT2D eigenvalue weighted by Crippen LogP contribution is -2.14. The zero-order valence-electron chi connectivity index (χ0n) is 20.9. The average molecular weight is 437 g/mol. The van der Waals surface area contributed by atoms with E-state index >= 15 is 0 Å². The molecule has 1 nitrogen and oxygen atoms in total. The summed E-state index contributed by atoms with van der Waals surface area (Å²) in [6.07, 6.45) is 24.7. The molecule has 2 aliphatic carbocycles. The predicted octanol–water partition coefficient (Wildman–Crippen LogP) is 9.56. The van der Waals surface area contributed by atoms with Crippen LogP contribution in [0.1, 0.15) is 120 Å². The molecule has 0 aromatic heterocycles. The number of ether oxygens (including phenoxy) is 1. The molecule has 178 valence electrons. The van der Waals surface area contributed by atoms with Gasteiger partial charge in [-0.15, -0.1) is 6.58 Å². The largest absolute Gasteiger partial charge is 0.369 e. The maximum Gasteiger partial charge on any atom is 0.0826 e. The lowest BCUT2D eigenvalue weighted by atomic mass is 9.76. The van der Waals surface area contributed by atoms with Gasteiger partial charge in [-0.2, -0.15) is 0 Å². The van der Waals surface area contributed by atoms with Crippen molar-refractivity contribution in [2.24, 2.45) is 17.8 Å². The molecule has 0 bridgehead atoms. The lowest BCUT2D eigenvalue weighted by molar-refractivity contribution is 0.0712. The Morgan fingerprint density at radius 1 is 0.906 bits per heavy atom. The van der Waals surface area contributed by atoms with Crippen LogP contribution in [0, 0.1) is 17.8 Å². The van der Waals surface area contributed by atoms with E-state index in [0.29, 0.717) is 6.61 Å². The van der Waals surface area contributed by atoms with E-state index in [1.165, 1.54) is 82.6 Å². The molecule has 0 N–H and O–H groups in total. The Balaban J connectivity index is 1.33. The highest BCUT2D eigenvalue weighted by Gasteiger charge is 2.23. The van der Waals surface area contributed by atoms with E-state index in [-0.39, 0.29) is 6.10 Å². The highest BCUT2D eigenvalue weighted by Crippen LogP contribution is 2.39. The first-order valence-corrected chi connectivity index (χ1v) is 13.7. The van der Waals surface area contributed by atoms with Crippen molar-refractivity contribution >= 4 is 0 Å². The standard InChI is InChI=1S/C31H48O/c1-4-7-24-32-31(6-3)30-22-20-29(21-23-30)28-18-16-27(17-19-28)11-9-8-10-26-14-12-25(5-2)13-15-26/h4-5,7,20-23,25-28,31H,2,6,8-19,24H2,1,3H3/t25-,26-,27-,28-,31?. The van der Waals surface area contributed by atoms with Crippen LogP contribution in [0.4, 0.5) is 0 Å². The summed E-state index contributed by atoms with van der Waals surface area (Å²) in [4.78, 5) is 0. The summed E-state index contributed by atoms with van der Waals surface area (Å²) in [7, 11) is 0. The first-order valence-electron chi connectivity index (χ1n) is 13.7. The fraction of sp³-hybridized carbons (Fsp3) is 0.677. The van der Waals surface area contributed by atoms with Gasteiger partial charge in [0.2, 0.25) is 0 Å². The average Bonchev–Trinajstić information content (AvgIpc) is 2.85. The Labute approximate surface area is 198 Å². The van der Waals surface area contributed by atoms with Crippen molar-refractivity contribution in [3.63, 3.8) is 0 Å². The van der Waals surface area contributed by atoms with Crippen LogP contribution in [-0.2, 0) is 4.74 Å². The maximum absolute atomic E-state index is 6.02. The second-order valence-electron chi connectivity index (χ2n) is 10.5. The van der Waals surface area contributed by atoms with Crippen molar-refractivity contribution < 1.29 is 4.74 Å². The van der Waals surface area contributed by atoms with Crippen molar-refractivity contribution in [1.29, 1.82) is 0 Å². The molecule has 1 unspecified atom stereocenters. The van der Waals surface area contributed by atoms with Crippen LogP contribution in [0.15, 0.2) is 49.1 Å². The van der Waals surface area contributed by atoms with E-state index in [2.05, 4.69) is 56.0 Å². The Hall–Kier alpha value is -1.34. The van der Waals surface area contributed by atoms with Crippen LogP contribution in [0.3, 0.4) is 0 Å². The number of hydrogen-bond acceptors (Lipinski definition) is 1. The summed E-state index contributed by atoms with van der Waals surface area (Å²) in [5, 5.41) is 0. The molecule has 0 aliphatic heterocycles. The Morgan fingerprint density at radius 2 is 1.50 bits per heavy atom. The van der Waals surface area contributed by atoms with Gasteiger partial charge >= 0.3 is 0 Å². The molecule has 0 spiro atoms. The van der Waals surface area contributed by atoms with E-state index in [0.717, 1.165) is 30.1 Å². The van der Waals surface area contributed by atoms with Crippen molar-refractivity contribution in [3.05, 3.63) is 60.2 Å². The fourth-order valence-electron chi connectivity index (χ4n) is 6.06. The Kier molecular flexibility index (Phi) is 11.1. The van der Waals surface area contributed by atoms with Crippen molar-refractivity contribution in [2.75, 3.05) is 6.61 Å². The number of benzene rings is 1. The highest BCUT2D eigenvalue weighted by atomic mass is 16.5. The van der Waals surface area contributed by atoms with Crippen LogP contribution >= 0.6 is 0 Å². The molecule has 1 aromatic rings. The summed E-state index contributed by atoms with van der Waals surface area (Å²) in [6.45, 7) is 8.94. The molecule has 2 saturated carbocycles. The molecule has 0 radical (unpaired) electrons. The molecule has 1 aromatic carbocycles. The first kappa shape index (κ1) is 25.3.